The van der Waals surface area contributed by atoms with Crippen LogP contribution in [-0.4, -0.2) is 16.5 Å². The van der Waals surface area contributed by atoms with Crippen LogP contribution >= 0.6 is 0 Å². The normalized spacial score (nSPS) is 10.1. The summed E-state index contributed by atoms with van der Waals surface area (Å²) in [6.45, 7) is 2.51. The highest BCUT2D eigenvalue weighted by Gasteiger charge is 2.17. The summed E-state index contributed by atoms with van der Waals surface area (Å²) in [6, 6.07) is 8.76. The topological polar surface area (TPSA) is 80.1 Å². The molecule has 104 valence electrons. The molecule has 0 amide bonds. The standard InChI is InChI=1S/C13H13FN4O2/c1-2-15-12-8-7-11(18(19)20)13(17-12)16-10-6-4-3-5-9(10)14/h3-8H,2H2,1H3,(H2,15,16,17). The summed E-state index contributed by atoms with van der Waals surface area (Å²) in [4.78, 5) is 14.5. The molecule has 2 rings (SSSR count). The summed E-state index contributed by atoms with van der Waals surface area (Å²) >= 11 is 0. The molecule has 0 radical (unpaired) electrons. The summed E-state index contributed by atoms with van der Waals surface area (Å²) in [5.41, 5.74) is -0.0772. The number of pyridine rings is 1. The van der Waals surface area contributed by atoms with Crippen LogP contribution in [0.4, 0.5) is 27.4 Å². The molecule has 0 unspecified atom stereocenters. The zero-order valence-corrected chi connectivity index (χ0v) is 10.8. The number of hydrogen-bond donors (Lipinski definition) is 2. The van der Waals surface area contributed by atoms with E-state index in [4.69, 9.17) is 0 Å². The first-order valence-electron chi connectivity index (χ1n) is 6.02. The Kier molecular flexibility index (Phi) is 4.09. The van der Waals surface area contributed by atoms with Crippen molar-refractivity contribution in [2.45, 2.75) is 6.92 Å². The Morgan fingerprint density at radius 2 is 2.05 bits per heavy atom. The molecule has 2 aromatic rings. The van der Waals surface area contributed by atoms with Crippen molar-refractivity contribution in [3.05, 3.63) is 52.3 Å². The number of hydrogen-bond acceptors (Lipinski definition) is 5. The largest absolute Gasteiger partial charge is 0.370 e. The van der Waals surface area contributed by atoms with Gasteiger partial charge in [-0.05, 0) is 25.1 Å². The molecule has 6 nitrogen and oxygen atoms in total. The number of para-hydroxylation sites is 1. The average Bonchev–Trinajstić information content (AvgIpc) is 2.42. The van der Waals surface area contributed by atoms with Crippen LogP contribution in [0.1, 0.15) is 6.92 Å². The lowest BCUT2D eigenvalue weighted by atomic mass is 10.3. The monoisotopic (exact) mass is 276 g/mol. The fourth-order valence-electron chi connectivity index (χ4n) is 1.66. The van der Waals surface area contributed by atoms with Gasteiger partial charge in [0.25, 0.3) is 0 Å². The molecule has 2 N–H and O–H groups in total. The van der Waals surface area contributed by atoms with E-state index in [1.807, 2.05) is 6.92 Å². The number of aromatic nitrogens is 1. The van der Waals surface area contributed by atoms with Gasteiger partial charge >= 0.3 is 5.69 Å². The molecular formula is C13H13FN4O2. The van der Waals surface area contributed by atoms with Gasteiger partial charge in [-0.25, -0.2) is 9.37 Å². The molecule has 0 bridgehead atoms. The van der Waals surface area contributed by atoms with Crippen molar-refractivity contribution in [3.63, 3.8) is 0 Å². The molecule has 0 atom stereocenters. The predicted octanol–water partition coefficient (Wildman–Crippen LogP) is 3.30. The van der Waals surface area contributed by atoms with Gasteiger partial charge in [-0.15, -0.1) is 0 Å². The molecule has 20 heavy (non-hydrogen) atoms. The number of nitro groups is 1. The molecule has 0 aliphatic heterocycles. The third kappa shape index (κ3) is 3.00. The molecule has 1 aromatic heterocycles. The third-order valence-corrected chi connectivity index (χ3v) is 2.56. The predicted molar refractivity (Wildman–Crippen MR) is 74.7 cm³/mol. The van der Waals surface area contributed by atoms with Crippen molar-refractivity contribution >= 4 is 23.0 Å². The lowest BCUT2D eigenvalue weighted by Crippen LogP contribution is -2.05. The number of anilines is 3. The van der Waals surface area contributed by atoms with E-state index < -0.39 is 10.7 Å². The molecular weight excluding hydrogens is 263 g/mol. The first-order valence-corrected chi connectivity index (χ1v) is 6.02. The van der Waals surface area contributed by atoms with Crippen LogP contribution in [0, 0.1) is 15.9 Å². The minimum atomic E-state index is -0.564. The van der Waals surface area contributed by atoms with Crippen molar-refractivity contribution in [3.8, 4) is 0 Å². The van der Waals surface area contributed by atoms with Gasteiger partial charge in [0.05, 0.1) is 10.6 Å². The first kappa shape index (κ1) is 13.7. The van der Waals surface area contributed by atoms with E-state index in [1.54, 1.807) is 6.07 Å². The molecule has 0 fully saturated rings. The van der Waals surface area contributed by atoms with E-state index in [9.17, 15) is 14.5 Å². The minimum Gasteiger partial charge on any atom is -0.370 e. The van der Waals surface area contributed by atoms with Gasteiger partial charge in [-0.1, -0.05) is 12.1 Å². The van der Waals surface area contributed by atoms with E-state index in [0.717, 1.165) is 0 Å². The SMILES string of the molecule is CCNc1ccc([N+](=O)[O-])c(Nc2ccccc2F)n1. The third-order valence-electron chi connectivity index (χ3n) is 2.56. The number of benzene rings is 1. The van der Waals surface area contributed by atoms with Crippen LogP contribution in [0.15, 0.2) is 36.4 Å². The van der Waals surface area contributed by atoms with Gasteiger partial charge in [-0.2, -0.15) is 0 Å². The van der Waals surface area contributed by atoms with Gasteiger partial charge in [0.2, 0.25) is 5.82 Å². The second kappa shape index (κ2) is 5.96. The summed E-state index contributed by atoms with van der Waals surface area (Å²) in [5.74, 6) is -0.0204. The molecule has 1 aromatic carbocycles. The highest BCUT2D eigenvalue weighted by atomic mass is 19.1. The second-order valence-electron chi connectivity index (χ2n) is 3.96. The summed E-state index contributed by atoms with van der Waals surface area (Å²) in [5, 5.41) is 16.6. The van der Waals surface area contributed by atoms with Crippen LogP contribution in [-0.2, 0) is 0 Å². The maximum Gasteiger partial charge on any atom is 0.311 e. The zero-order valence-electron chi connectivity index (χ0n) is 10.8. The van der Waals surface area contributed by atoms with Crippen molar-refractivity contribution < 1.29 is 9.31 Å². The fraction of sp³-hybridized carbons (Fsp3) is 0.154. The van der Waals surface area contributed by atoms with E-state index in [2.05, 4.69) is 15.6 Å². The highest BCUT2D eigenvalue weighted by molar-refractivity contribution is 5.67. The molecule has 0 saturated carbocycles. The van der Waals surface area contributed by atoms with Crippen LogP contribution < -0.4 is 10.6 Å². The lowest BCUT2D eigenvalue weighted by molar-refractivity contribution is -0.384. The van der Waals surface area contributed by atoms with Gasteiger partial charge in [0.1, 0.15) is 11.6 Å². The molecule has 0 saturated heterocycles. The second-order valence-corrected chi connectivity index (χ2v) is 3.96. The van der Waals surface area contributed by atoms with Gasteiger partial charge in [0, 0.05) is 12.6 Å². The van der Waals surface area contributed by atoms with Crippen molar-refractivity contribution in [1.29, 1.82) is 0 Å². The van der Waals surface area contributed by atoms with Gasteiger partial charge in [-0.3, -0.25) is 10.1 Å². The quantitative estimate of drug-likeness (QED) is 0.647. The molecule has 0 spiro atoms. The smallest absolute Gasteiger partial charge is 0.311 e. The maximum atomic E-state index is 13.6. The zero-order chi connectivity index (χ0) is 14.5. The van der Waals surface area contributed by atoms with Crippen LogP contribution in [0.5, 0.6) is 0 Å². The van der Waals surface area contributed by atoms with E-state index in [0.29, 0.717) is 12.4 Å². The van der Waals surface area contributed by atoms with Crippen molar-refractivity contribution in [2.75, 3.05) is 17.2 Å². The Balaban J connectivity index is 2.40. The fourth-order valence-corrected chi connectivity index (χ4v) is 1.66. The van der Waals surface area contributed by atoms with Crippen molar-refractivity contribution in [2.24, 2.45) is 0 Å². The Morgan fingerprint density at radius 1 is 1.30 bits per heavy atom. The van der Waals surface area contributed by atoms with E-state index in [-0.39, 0.29) is 17.2 Å². The average molecular weight is 276 g/mol. The summed E-state index contributed by atoms with van der Waals surface area (Å²) in [6.07, 6.45) is 0. The van der Waals surface area contributed by atoms with Gasteiger partial charge < -0.3 is 10.6 Å². The highest BCUT2D eigenvalue weighted by Crippen LogP contribution is 2.28. The Hall–Kier alpha value is -2.70. The number of rotatable bonds is 5. The molecule has 7 heteroatoms. The Labute approximate surface area is 114 Å². The van der Waals surface area contributed by atoms with E-state index >= 15 is 0 Å². The number of halogens is 1. The Bertz CT molecular complexity index is 634. The van der Waals surface area contributed by atoms with Crippen LogP contribution in [0.3, 0.4) is 0 Å². The molecule has 0 aliphatic rings. The van der Waals surface area contributed by atoms with E-state index in [1.165, 1.54) is 30.3 Å². The minimum absolute atomic E-state index is 0.00134. The maximum absolute atomic E-state index is 13.6. The Morgan fingerprint density at radius 3 is 2.70 bits per heavy atom. The molecule has 1 heterocycles. The van der Waals surface area contributed by atoms with Crippen LogP contribution in [0.2, 0.25) is 0 Å². The lowest BCUT2D eigenvalue weighted by Gasteiger charge is -2.09. The van der Waals surface area contributed by atoms with Crippen LogP contribution in [0.25, 0.3) is 0 Å². The van der Waals surface area contributed by atoms with Gasteiger partial charge in [0.15, 0.2) is 0 Å². The molecule has 0 aliphatic carbocycles. The number of nitrogens with one attached hydrogen (secondary N) is 2. The first-order chi connectivity index (χ1) is 9.61. The summed E-state index contributed by atoms with van der Waals surface area (Å²) < 4.78 is 13.6. The summed E-state index contributed by atoms with van der Waals surface area (Å²) in [7, 11) is 0. The van der Waals surface area contributed by atoms with Crippen molar-refractivity contribution in [1.82, 2.24) is 4.98 Å². The number of nitrogens with zero attached hydrogens (tertiary/aromatic N) is 2.